The first-order valence-electron chi connectivity index (χ1n) is 1.24. The van der Waals surface area contributed by atoms with Crippen molar-refractivity contribution >= 4 is 40.6 Å². The van der Waals surface area contributed by atoms with Crippen molar-refractivity contribution in [3.8, 4) is 0 Å². The Morgan fingerprint density at radius 2 is 2.00 bits per heavy atom. The molecule has 1 fully saturated rings. The van der Waals surface area contributed by atoms with Crippen molar-refractivity contribution in [3.63, 3.8) is 0 Å². The third kappa shape index (κ3) is 1.01. The molecule has 0 aromatic carbocycles. The Morgan fingerprint density at radius 3 is 2.00 bits per heavy atom. The standard InChI is InChI=1S/CH3NS2.Sn.2H/c2-1(3)4;;;/h(H3,2,3,4);;;/q;+2;;/p-2. The van der Waals surface area contributed by atoms with Crippen LogP contribution in [0.15, 0.2) is 0 Å². The Hall–Kier alpha value is 1.17. The van der Waals surface area contributed by atoms with E-state index >= 15 is 0 Å². The fraction of sp³-hybridized carbons (Fsp3) is 0. The van der Waals surface area contributed by atoms with Crippen LogP contribution >= 0.6 is 17.9 Å². The van der Waals surface area contributed by atoms with Gasteiger partial charge >= 0.3 is 46.1 Å². The van der Waals surface area contributed by atoms with E-state index in [0.29, 0.717) is 0 Å². The van der Waals surface area contributed by atoms with Crippen molar-refractivity contribution in [1.82, 2.24) is 0 Å². The summed E-state index contributed by atoms with van der Waals surface area (Å²) in [6.45, 7) is 0. The number of rotatable bonds is 0. The Labute approximate surface area is 45.9 Å². The number of hydrogen-bond donors (Lipinski definition) is 1. The second kappa shape index (κ2) is 1.75. The third-order valence-corrected chi connectivity index (χ3v) is 17.1. The van der Waals surface area contributed by atoms with Gasteiger partial charge in [-0.05, 0) is 0 Å². The minimum absolute atomic E-state index is 0.310. The van der Waals surface area contributed by atoms with Gasteiger partial charge in [0.2, 0.25) is 0 Å². The van der Waals surface area contributed by atoms with E-state index in [2.05, 4.69) is 0 Å². The van der Waals surface area contributed by atoms with Gasteiger partial charge in [-0.1, -0.05) is 0 Å². The quantitative estimate of drug-likeness (QED) is 0.587. The first-order valence-corrected chi connectivity index (χ1v) is 13.1. The molecular formula is CH3NS2Sn. The number of nitrogens with one attached hydrogen (secondary N) is 1. The van der Waals surface area contributed by atoms with Crippen LogP contribution in [0.3, 0.4) is 0 Å². The molecule has 1 nitrogen and oxygen atoms in total. The molecule has 0 amide bonds. The van der Waals surface area contributed by atoms with Crippen molar-refractivity contribution in [1.29, 1.82) is 5.41 Å². The maximum atomic E-state index is 6.81. The van der Waals surface area contributed by atoms with Crippen molar-refractivity contribution < 1.29 is 0 Å². The predicted molar refractivity (Wildman–Crippen MR) is 31.5 cm³/mol. The maximum absolute atomic E-state index is 6.81. The molecule has 0 aromatic rings. The van der Waals surface area contributed by atoms with Gasteiger partial charge in [-0.2, -0.15) is 0 Å². The minimum atomic E-state index is -0.310. The Balaban J connectivity index is 2.32. The molecule has 0 atom stereocenters. The zero-order valence-corrected chi connectivity index (χ0v) is 8.19. The van der Waals surface area contributed by atoms with Gasteiger partial charge in [-0.3, -0.25) is 0 Å². The molecule has 4 heteroatoms. The molecule has 0 aliphatic carbocycles. The molecule has 0 aromatic heterocycles. The average Bonchev–Trinajstić information content (AvgIpc) is 1.30. The van der Waals surface area contributed by atoms with Crippen LogP contribution in [-0.4, -0.2) is 22.8 Å². The monoisotopic (exact) mass is 213 g/mol. The van der Waals surface area contributed by atoms with Gasteiger partial charge in [0.05, 0.1) is 0 Å². The van der Waals surface area contributed by atoms with Gasteiger partial charge in [0.1, 0.15) is 0 Å². The Morgan fingerprint density at radius 1 is 1.60 bits per heavy atom. The molecule has 5 heavy (non-hydrogen) atoms. The molecule has 0 spiro atoms. The molecule has 1 heterocycles. The molecule has 0 unspecified atom stereocenters. The summed E-state index contributed by atoms with van der Waals surface area (Å²) in [5, 5.41) is 6.81. The van der Waals surface area contributed by atoms with Gasteiger partial charge in [-0.15, -0.1) is 0 Å². The summed E-state index contributed by atoms with van der Waals surface area (Å²) in [6.07, 6.45) is 0. The Kier molecular flexibility index (Phi) is 1.51. The summed E-state index contributed by atoms with van der Waals surface area (Å²) in [7, 11) is 3.63. The number of hydrogen-bond acceptors (Lipinski definition) is 3. The zero-order valence-electron chi connectivity index (χ0n) is 2.52. The van der Waals surface area contributed by atoms with Crippen LogP contribution in [0.1, 0.15) is 0 Å². The predicted octanol–water partition coefficient (Wildman–Crippen LogP) is 0.400. The molecule has 0 bridgehead atoms. The van der Waals surface area contributed by atoms with E-state index in [9.17, 15) is 0 Å². The third-order valence-electron chi connectivity index (χ3n) is 0.380. The molecule has 1 aliphatic rings. The van der Waals surface area contributed by atoms with E-state index in [4.69, 9.17) is 5.41 Å². The van der Waals surface area contributed by atoms with E-state index in [1.807, 2.05) is 17.9 Å². The molecule has 28 valence electrons. The Bertz CT molecular complexity index is 56.7. The van der Waals surface area contributed by atoms with Crippen LogP contribution in [-0.2, 0) is 0 Å². The van der Waals surface area contributed by atoms with Gasteiger partial charge < -0.3 is 0 Å². The SMILES string of the molecule is N=C1[S][SnH2][S]1. The normalized spacial score (nSPS) is 26.8. The van der Waals surface area contributed by atoms with Crippen LogP contribution in [0.4, 0.5) is 0 Å². The van der Waals surface area contributed by atoms with Gasteiger partial charge in [-0.25, -0.2) is 0 Å². The average molecular weight is 212 g/mol. The summed E-state index contributed by atoms with van der Waals surface area (Å²) in [5.41, 5.74) is 0. The van der Waals surface area contributed by atoms with E-state index in [1.165, 1.54) is 0 Å². The van der Waals surface area contributed by atoms with Crippen molar-refractivity contribution in [3.05, 3.63) is 0 Å². The van der Waals surface area contributed by atoms with E-state index in [-0.39, 0.29) is 18.4 Å². The topological polar surface area (TPSA) is 23.9 Å². The molecule has 1 N–H and O–H groups in total. The second-order valence-corrected chi connectivity index (χ2v) is 14.3. The molecular weight excluding hydrogens is 209 g/mol. The first-order chi connectivity index (χ1) is 2.39. The molecule has 1 rings (SSSR count). The fourth-order valence-corrected chi connectivity index (χ4v) is 7.12. The van der Waals surface area contributed by atoms with Crippen molar-refractivity contribution in [2.75, 3.05) is 0 Å². The van der Waals surface area contributed by atoms with Gasteiger partial charge in [0, 0.05) is 0 Å². The molecule has 0 radical (unpaired) electrons. The molecule has 1 saturated heterocycles. The summed E-state index contributed by atoms with van der Waals surface area (Å²) in [4.78, 5) is 0. The summed E-state index contributed by atoms with van der Waals surface area (Å²) >= 11 is -0.310. The van der Waals surface area contributed by atoms with E-state index < -0.39 is 0 Å². The summed E-state index contributed by atoms with van der Waals surface area (Å²) < 4.78 is 0.862. The zero-order chi connectivity index (χ0) is 3.70. The van der Waals surface area contributed by atoms with Crippen LogP contribution in [0, 0.1) is 5.41 Å². The van der Waals surface area contributed by atoms with Gasteiger partial charge in [0.25, 0.3) is 0 Å². The van der Waals surface area contributed by atoms with Crippen LogP contribution in [0.25, 0.3) is 0 Å². The molecule has 1 aliphatic heterocycles. The van der Waals surface area contributed by atoms with Crippen molar-refractivity contribution in [2.45, 2.75) is 0 Å². The summed E-state index contributed by atoms with van der Waals surface area (Å²) in [6, 6.07) is 0. The summed E-state index contributed by atoms with van der Waals surface area (Å²) in [5.74, 6) is 0. The first kappa shape index (κ1) is 4.33. The second-order valence-electron chi connectivity index (χ2n) is 0.694. The van der Waals surface area contributed by atoms with Crippen LogP contribution in [0.5, 0.6) is 0 Å². The van der Waals surface area contributed by atoms with Crippen LogP contribution in [0.2, 0.25) is 0 Å². The fourth-order valence-electron chi connectivity index (χ4n) is 0.118. The van der Waals surface area contributed by atoms with Gasteiger partial charge in [0.15, 0.2) is 0 Å². The van der Waals surface area contributed by atoms with Crippen LogP contribution < -0.4 is 0 Å². The molecule has 0 saturated carbocycles. The van der Waals surface area contributed by atoms with E-state index in [0.717, 1.165) is 4.38 Å². The van der Waals surface area contributed by atoms with Crippen molar-refractivity contribution in [2.24, 2.45) is 0 Å². The van der Waals surface area contributed by atoms with E-state index in [1.54, 1.807) is 0 Å².